The molecule has 1 unspecified atom stereocenters. The molecule has 1 heterocycles. The van der Waals surface area contributed by atoms with E-state index >= 15 is 0 Å². The summed E-state index contributed by atoms with van der Waals surface area (Å²) in [7, 11) is 0. The Morgan fingerprint density at radius 2 is 1.52 bits per heavy atom. The molecule has 0 fully saturated rings. The van der Waals surface area contributed by atoms with Gasteiger partial charge in [-0.05, 0) is 66.1 Å². The lowest BCUT2D eigenvalue weighted by atomic mass is 9.92. The normalized spacial score (nSPS) is 12.7. The van der Waals surface area contributed by atoms with E-state index in [2.05, 4.69) is 4.98 Å². The second-order valence-electron chi connectivity index (χ2n) is 6.68. The van der Waals surface area contributed by atoms with Crippen molar-refractivity contribution >= 4 is 0 Å². The van der Waals surface area contributed by atoms with E-state index in [1.165, 1.54) is 0 Å². The van der Waals surface area contributed by atoms with Gasteiger partial charge in [0.1, 0.15) is 11.5 Å². The molecule has 3 rings (SSSR count). The first-order valence-electron chi connectivity index (χ1n) is 8.73. The molecule has 2 aromatic carbocycles. The highest BCUT2D eigenvalue weighted by Gasteiger charge is 2.27. The number of aromatic amines is 1. The van der Waals surface area contributed by atoms with E-state index in [9.17, 15) is 15.3 Å². The van der Waals surface area contributed by atoms with Crippen molar-refractivity contribution in [3.05, 3.63) is 72.4 Å². The van der Waals surface area contributed by atoms with Gasteiger partial charge in [0.25, 0.3) is 0 Å². The van der Waals surface area contributed by atoms with Gasteiger partial charge < -0.3 is 30.8 Å². The van der Waals surface area contributed by atoms with Crippen molar-refractivity contribution in [1.29, 1.82) is 0 Å². The molecule has 0 spiro atoms. The monoisotopic (exact) mass is 368 g/mol. The van der Waals surface area contributed by atoms with Crippen LogP contribution in [0.15, 0.2) is 66.9 Å². The first kappa shape index (κ1) is 19.1. The van der Waals surface area contributed by atoms with Gasteiger partial charge in [-0.1, -0.05) is 12.1 Å². The third kappa shape index (κ3) is 4.75. The first-order chi connectivity index (χ1) is 13.0. The third-order valence-corrected chi connectivity index (χ3v) is 4.49. The van der Waals surface area contributed by atoms with Crippen LogP contribution in [-0.4, -0.2) is 39.1 Å². The van der Waals surface area contributed by atoms with E-state index in [1.807, 2.05) is 42.6 Å². The van der Waals surface area contributed by atoms with Gasteiger partial charge in [-0.3, -0.25) is 0 Å². The quantitative estimate of drug-likeness (QED) is 0.420. The van der Waals surface area contributed by atoms with Crippen LogP contribution in [-0.2, 0) is 0 Å². The lowest BCUT2D eigenvalue weighted by Gasteiger charge is -2.27. The highest BCUT2D eigenvalue weighted by molar-refractivity contribution is 5.60. The molecule has 0 radical (unpaired) electrons. The molecular weight excluding hydrogens is 344 g/mol. The van der Waals surface area contributed by atoms with E-state index in [-0.39, 0.29) is 6.42 Å². The molecule has 0 aliphatic heterocycles. The Kier molecular flexibility index (Phi) is 5.93. The average molecular weight is 368 g/mol. The van der Waals surface area contributed by atoms with Gasteiger partial charge in [-0.25, -0.2) is 0 Å². The van der Waals surface area contributed by atoms with Crippen molar-refractivity contribution < 1.29 is 20.1 Å². The number of nitrogens with one attached hydrogen (secondary N) is 1. The molecule has 0 aliphatic carbocycles. The lowest BCUT2D eigenvalue weighted by Crippen LogP contribution is -2.48. The smallest absolute Gasteiger partial charge is 0.127 e. The first-order valence-corrected chi connectivity index (χ1v) is 8.73. The Bertz CT molecular complexity index is 826. The molecule has 0 aliphatic rings. The minimum atomic E-state index is -1.21. The number of hydrogen-bond donors (Lipinski definition) is 5. The maximum absolute atomic E-state index is 10.3. The Morgan fingerprint density at radius 1 is 0.926 bits per heavy atom. The minimum Gasteiger partial charge on any atom is -0.457 e. The van der Waals surface area contributed by atoms with Gasteiger partial charge in [0.05, 0.1) is 24.9 Å². The van der Waals surface area contributed by atoms with Gasteiger partial charge in [-0.2, -0.15) is 0 Å². The fraction of sp³-hybridized carbons (Fsp3) is 0.238. The highest BCUT2D eigenvalue weighted by atomic mass is 16.5. The number of aliphatic hydroxyl groups excluding tert-OH is 3. The van der Waals surface area contributed by atoms with E-state index in [0.29, 0.717) is 17.1 Å². The van der Waals surface area contributed by atoms with Gasteiger partial charge in [0.2, 0.25) is 0 Å². The summed E-state index contributed by atoms with van der Waals surface area (Å²) in [6.45, 7) is -0.805. The molecule has 27 heavy (non-hydrogen) atoms. The zero-order valence-corrected chi connectivity index (χ0v) is 14.9. The van der Waals surface area contributed by atoms with Crippen LogP contribution in [0.2, 0.25) is 0 Å². The van der Waals surface area contributed by atoms with Gasteiger partial charge >= 0.3 is 0 Å². The number of aliphatic hydroxyl groups is 3. The second-order valence-corrected chi connectivity index (χ2v) is 6.68. The molecule has 6 N–H and O–H groups in total. The SMILES string of the molecule is NC(CO)(CO)CC(O)c1ccc(Oc2ccc(-c3ccc[nH]3)cc2)cc1. The van der Waals surface area contributed by atoms with Crippen molar-refractivity contribution in [3.8, 4) is 22.8 Å². The molecule has 0 saturated carbocycles. The molecule has 6 heteroatoms. The van der Waals surface area contributed by atoms with Crippen LogP contribution in [0, 0.1) is 0 Å². The van der Waals surface area contributed by atoms with Crippen LogP contribution in [0.1, 0.15) is 18.1 Å². The number of benzene rings is 2. The molecule has 1 aromatic heterocycles. The standard InChI is InChI=1S/C21H24N2O4/c22-21(13-24,14-25)12-20(26)16-5-9-18(10-6-16)27-17-7-3-15(4-8-17)19-2-1-11-23-19/h1-11,20,23-26H,12-14,22H2. The molecule has 1 atom stereocenters. The fourth-order valence-corrected chi connectivity index (χ4v) is 2.79. The molecule has 6 nitrogen and oxygen atoms in total. The largest absolute Gasteiger partial charge is 0.457 e. The predicted octanol–water partition coefficient (Wildman–Crippen LogP) is 2.58. The minimum absolute atomic E-state index is 0.0560. The number of nitrogens with two attached hydrogens (primary N) is 1. The Hall–Kier alpha value is -2.64. The topological polar surface area (TPSA) is 112 Å². The van der Waals surface area contributed by atoms with Crippen LogP contribution in [0.4, 0.5) is 0 Å². The number of hydrogen-bond acceptors (Lipinski definition) is 5. The Balaban J connectivity index is 1.63. The summed E-state index contributed by atoms with van der Waals surface area (Å²) < 4.78 is 5.83. The number of rotatable bonds is 8. The van der Waals surface area contributed by atoms with Crippen LogP contribution in [0.3, 0.4) is 0 Å². The zero-order valence-electron chi connectivity index (χ0n) is 14.9. The zero-order chi connectivity index (χ0) is 19.3. The van der Waals surface area contributed by atoms with Crippen molar-refractivity contribution in [1.82, 2.24) is 4.98 Å². The summed E-state index contributed by atoms with van der Waals surface area (Å²) in [5, 5.41) is 28.8. The molecule has 0 saturated heterocycles. The van der Waals surface area contributed by atoms with Crippen LogP contribution in [0.25, 0.3) is 11.3 Å². The number of ether oxygens (including phenoxy) is 1. The predicted molar refractivity (Wildman–Crippen MR) is 103 cm³/mol. The van der Waals surface area contributed by atoms with Crippen LogP contribution >= 0.6 is 0 Å². The Labute approximate surface area is 157 Å². The van der Waals surface area contributed by atoms with E-state index in [1.54, 1.807) is 24.3 Å². The molecule has 0 bridgehead atoms. The van der Waals surface area contributed by atoms with Crippen molar-refractivity contribution in [2.75, 3.05) is 13.2 Å². The summed E-state index contributed by atoms with van der Waals surface area (Å²) in [4.78, 5) is 3.16. The third-order valence-electron chi connectivity index (χ3n) is 4.49. The maximum Gasteiger partial charge on any atom is 0.127 e. The van der Waals surface area contributed by atoms with Crippen molar-refractivity contribution in [2.24, 2.45) is 5.73 Å². The van der Waals surface area contributed by atoms with Crippen molar-refractivity contribution in [3.63, 3.8) is 0 Å². The maximum atomic E-state index is 10.3. The highest BCUT2D eigenvalue weighted by Crippen LogP contribution is 2.28. The van der Waals surface area contributed by atoms with Gasteiger partial charge in [0, 0.05) is 11.9 Å². The lowest BCUT2D eigenvalue weighted by molar-refractivity contribution is 0.0618. The van der Waals surface area contributed by atoms with Crippen LogP contribution < -0.4 is 10.5 Å². The van der Waals surface area contributed by atoms with Crippen LogP contribution in [0.5, 0.6) is 11.5 Å². The number of H-pyrrole nitrogens is 1. The second kappa shape index (κ2) is 8.37. The average Bonchev–Trinajstić information content (AvgIpc) is 3.24. The van der Waals surface area contributed by atoms with Gasteiger partial charge in [0.15, 0.2) is 0 Å². The number of aromatic nitrogens is 1. The fourth-order valence-electron chi connectivity index (χ4n) is 2.79. The Morgan fingerprint density at radius 3 is 2.04 bits per heavy atom. The summed E-state index contributed by atoms with van der Waals surface area (Å²) in [6, 6.07) is 18.7. The molecule has 142 valence electrons. The molecule has 0 amide bonds. The summed E-state index contributed by atoms with van der Waals surface area (Å²) in [5.74, 6) is 1.35. The van der Waals surface area contributed by atoms with E-state index in [4.69, 9.17) is 10.5 Å². The van der Waals surface area contributed by atoms with E-state index in [0.717, 1.165) is 11.3 Å². The summed E-state index contributed by atoms with van der Waals surface area (Å²) in [6.07, 6.45) is 1.05. The summed E-state index contributed by atoms with van der Waals surface area (Å²) >= 11 is 0. The van der Waals surface area contributed by atoms with Crippen molar-refractivity contribution in [2.45, 2.75) is 18.1 Å². The van der Waals surface area contributed by atoms with Gasteiger partial charge in [-0.15, -0.1) is 0 Å². The summed E-state index contributed by atoms with van der Waals surface area (Å²) in [5.41, 5.74) is 7.37. The molecule has 3 aromatic rings. The van der Waals surface area contributed by atoms with E-state index < -0.39 is 24.9 Å². The molecular formula is C21H24N2O4.